The molecule has 0 aromatic carbocycles. The van der Waals surface area contributed by atoms with Crippen molar-refractivity contribution in [2.75, 3.05) is 39.8 Å². The van der Waals surface area contributed by atoms with Crippen LogP contribution in [0, 0.1) is 0 Å². The quantitative estimate of drug-likeness (QED) is 0.632. The molecule has 0 aliphatic rings. The van der Waals surface area contributed by atoms with E-state index in [-0.39, 0.29) is 36.8 Å². The SMILES string of the molecule is CCCN(CC)CCNC(=O)CC(CN)OC.Cl.Cl. The lowest BCUT2D eigenvalue weighted by molar-refractivity contribution is -0.123. The number of carbonyl (C=O) groups excluding carboxylic acids is 1. The summed E-state index contributed by atoms with van der Waals surface area (Å²) in [5, 5.41) is 2.89. The Labute approximate surface area is 129 Å². The van der Waals surface area contributed by atoms with Crippen molar-refractivity contribution in [1.82, 2.24) is 10.2 Å². The second-order valence-corrected chi connectivity index (χ2v) is 4.08. The van der Waals surface area contributed by atoms with E-state index in [1.54, 1.807) is 7.11 Å². The van der Waals surface area contributed by atoms with Crippen molar-refractivity contribution in [3.05, 3.63) is 0 Å². The van der Waals surface area contributed by atoms with Crippen molar-refractivity contribution in [3.63, 3.8) is 0 Å². The summed E-state index contributed by atoms with van der Waals surface area (Å²) in [7, 11) is 1.57. The van der Waals surface area contributed by atoms with Gasteiger partial charge in [0.15, 0.2) is 0 Å². The van der Waals surface area contributed by atoms with Crippen molar-refractivity contribution >= 4 is 30.7 Å². The molecule has 0 rings (SSSR count). The molecule has 1 unspecified atom stereocenters. The molecule has 0 fully saturated rings. The van der Waals surface area contributed by atoms with Crippen LogP contribution < -0.4 is 11.1 Å². The van der Waals surface area contributed by atoms with Gasteiger partial charge in [0.25, 0.3) is 0 Å². The highest BCUT2D eigenvalue weighted by Gasteiger charge is 2.11. The highest BCUT2D eigenvalue weighted by atomic mass is 35.5. The zero-order chi connectivity index (χ0) is 13.1. The van der Waals surface area contributed by atoms with Crippen molar-refractivity contribution in [2.45, 2.75) is 32.8 Å². The van der Waals surface area contributed by atoms with Crippen LogP contribution in [-0.2, 0) is 9.53 Å². The Morgan fingerprint density at radius 1 is 1.32 bits per heavy atom. The topological polar surface area (TPSA) is 67.6 Å². The van der Waals surface area contributed by atoms with Crippen LogP contribution in [0.5, 0.6) is 0 Å². The van der Waals surface area contributed by atoms with Crippen LogP contribution in [0.15, 0.2) is 0 Å². The first kappa shape index (κ1) is 24.0. The highest BCUT2D eigenvalue weighted by Crippen LogP contribution is 1.94. The van der Waals surface area contributed by atoms with Gasteiger partial charge in [0, 0.05) is 26.7 Å². The second kappa shape index (κ2) is 16.0. The minimum absolute atomic E-state index is 0. The van der Waals surface area contributed by atoms with E-state index in [2.05, 4.69) is 24.1 Å². The molecule has 0 heterocycles. The van der Waals surface area contributed by atoms with Crippen LogP contribution in [0.4, 0.5) is 0 Å². The fourth-order valence-electron chi connectivity index (χ4n) is 1.64. The number of carbonyl (C=O) groups is 1. The fourth-order valence-corrected chi connectivity index (χ4v) is 1.64. The zero-order valence-electron chi connectivity index (χ0n) is 12.2. The Hall–Kier alpha value is -0.0700. The number of nitrogens with zero attached hydrogens (tertiary/aromatic N) is 1. The molecule has 0 saturated carbocycles. The normalized spacial score (nSPS) is 11.4. The number of ether oxygens (including phenoxy) is 1. The second-order valence-electron chi connectivity index (χ2n) is 4.08. The molecule has 1 atom stereocenters. The van der Waals surface area contributed by atoms with Crippen LogP contribution >= 0.6 is 24.8 Å². The molecule has 0 aromatic rings. The number of halogens is 2. The molecule has 0 radical (unpaired) electrons. The first-order valence-corrected chi connectivity index (χ1v) is 6.39. The van der Waals surface area contributed by atoms with Crippen LogP contribution in [0.3, 0.4) is 0 Å². The van der Waals surface area contributed by atoms with E-state index in [9.17, 15) is 4.79 Å². The predicted octanol–water partition coefficient (Wildman–Crippen LogP) is 1.04. The minimum Gasteiger partial charge on any atom is -0.380 e. The number of hydrogen-bond donors (Lipinski definition) is 2. The van der Waals surface area contributed by atoms with Gasteiger partial charge in [-0.3, -0.25) is 4.79 Å². The molecule has 0 bridgehead atoms. The van der Waals surface area contributed by atoms with E-state index in [1.165, 1.54) is 0 Å². The third-order valence-corrected chi connectivity index (χ3v) is 2.75. The fraction of sp³-hybridized carbons (Fsp3) is 0.917. The van der Waals surface area contributed by atoms with E-state index in [0.29, 0.717) is 19.5 Å². The van der Waals surface area contributed by atoms with Gasteiger partial charge in [-0.2, -0.15) is 0 Å². The summed E-state index contributed by atoms with van der Waals surface area (Å²) < 4.78 is 5.06. The third kappa shape index (κ3) is 12.7. The molecule has 118 valence electrons. The minimum atomic E-state index is -0.173. The molecular weight excluding hydrogens is 289 g/mol. The average molecular weight is 318 g/mol. The van der Waals surface area contributed by atoms with Crippen LogP contribution in [0.25, 0.3) is 0 Å². The molecule has 0 aliphatic carbocycles. The smallest absolute Gasteiger partial charge is 0.222 e. The largest absolute Gasteiger partial charge is 0.380 e. The van der Waals surface area contributed by atoms with Gasteiger partial charge in [0.1, 0.15) is 0 Å². The van der Waals surface area contributed by atoms with E-state index in [1.807, 2.05) is 0 Å². The predicted molar refractivity (Wildman–Crippen MR) is 84.4 cm³/mol. The highest BCUT2D eigenvalue weighted by molar-refractivity contribution is 5.85. The number of nitrogens with two attached hydrogens (primary N) is 1. The molecule has 0 aromatic heterocycles. The van der Waals surface area contributed by atoms with Crippen LogP contribution in [0.2, 0.25) is 0 Å². The number of hydrogen-bond acceptors (Lipinski definition) is 4. The Bertz CT molecular complexity index is 205. The Balaban J connectivity index is -0.00000128. The number of likely N-dealkylation sites (N-methyl/N-ethyl adjacent to an activating group) is 1. The van der Waals surface area contributed by atoms with E-state index >= 15 is 0 Å². The van der Waals surface area contributed by atoms with E-state index < -0.39 is 0 Å². The molecule has 19 heavy (non-hydrogen) atoms. The molecule has 7 heteroatoms. The summed E-state index contributed by atoms with van der Waals surface area (Å²) in [6.07, 6.45) is 1.31. The van der Waals surface area contributed by atoms with Gasteiger partial charge in [-0.05, 0) is 19.5 Å². The van der Waals surface area contributed by atoms with Gasteiger partial charge in [-0.15, -0.1) is 24.8 Å². The van der Waals surface area contributed by atoms with Gasteiger partial charge in [-0.25, -0.2) is 0 Å². The summed E-state index contributed by atoms with van der Waals surface area (Å²) in [6, 6.07) is 0. The Kier molecular flexibility index (Phi) is 20.2. The number of methoxy groups -OCH3 is 1. The summed E-state index contributed by atoms with van der Waals surface area (Å²) >= 11 is 0. The van der Waals surface area contributed by atoms with Crippen LogP contribution in [-0.4, -0.2) is 56.7 Å². The number of amides is 1. The lowest BCUT2D eigenvalue weighted by Crippen LogP contribution is -2.37. The van der Waals surface area contributed by atoms with Crippen molar-refractivity contribution in [3.8, 4) is 0 Å². The standard InChI is InChI=1S/C12H27N3O2.2ClH/c1-4-7-15(5-2)8-6-14-12(16)9-11(10-13)17-3;;/h11H,4-10,13H2,1-3H3,(H,14,16);2*1H. The zero-order valence-corrected chi connectivity index (χ0v) is 13.8. The lowest BCUT2D eigenvalue weighted by Gasteiger charge is -2.20. The van der Waals surface area contributed by atoms with Crippen molar-refractivity contribution in [1.29, 1.82) is 0 Å². The molecule has 1 amide bonds. The summed E-state index contributed by atoms with van der Waals surface area (Å²) in [6.45, 7) is 8.35. The first-order chi connectivity index (χ1) is 8.17. The van der Waals surface area contributed by atoms with Crippen LogP contribution in [0.1, 0.15) is 26.7 Å². The van der Waals surface area contributed by atoms with Gasteiger partial charge in [0.05, 0.1) is 12.5 Å². The molecule has 0 aliphatic heterocycles. The van der Waals surface area contributed by atoms with Gasteiger partial charge in [-0.1, -0.05) is 13.8 Å². The maximum atomic E-state index is 11.5. The number of nitrogens with one attached hydrogen (secondary N) is 1. The average Bonchev–Trinajstić information content (AvgIpc) is 2.34. The summed E-state index contributed by atoms with van der Waals surface area (Å²) in [4.78, 5) is 13.9. The van der Waals surface area contributed by atoms with Crippen molar-refractivity contribution in [2.24, 2.45) is 5.73 Å². The Morgan fingerprint density at radius 3 is 2.37 bits per heavy atom. The van der Waals surface area contributed by atoms with Gasteiger partial charge < -0.3 is 20.7 Å². The molecule has 3 N–H and O–H groups in total. The maximum Gasteiger partial charge on any atom is 0.222 e. The first-order valence-electron chi connectivity index (χ1n) is 6.39. The summed E-state index contributed by atoms with van der Waals surface area (Å²) in [5.74, 6) is 0.00912. The van der Waals surface area contributed by atoms with E-state index in [0.717, 1.165) is 26.1 Å². The molecule has 0 saturated heterocycles. The van der Waals surface area contributed by atoms with Crippen molar-refractivity contribution < 1.29 is 9.53 Å². The molecular formula is C12H29Cl2N3O2. The van der Waals surface area contributed by atoms with Gasteiger partial charge >= 0.3 is 0 Å². The number of rotatable bonds is 10. The maximum absolute atomic E-state index is 11.5. The third-order valence-electron chi connectivity index (χ3n) is 2.75. The lowest BCUT2D eigenvalue weighted by atomic mass is 10.2. The monoisotopic (exact) mass is 317 g/mol. The Morgan fingerprint density at radius 2 is 1.95 bits per heavy atom. The summed E-state index contributed by atoms with van der Waals surface area (Å²) in [5.41, 5.74) is 5.46. The molecule has 0 spiro atoms. The van der Waals surface area contributed by atoms with E-state index in [4.69, 9.17) is 10.5 Å². The van der Waals surface area contributed by atoms with Gasteiger partial charge in [0.2, 0.25) is 5.91 Å². The molecule has 5 nitrogen and oxygen atoms in total.